The van der Waals surface area contributed by atoms with Gasteiger partial charge in [-0.3, -0.25) is 14.4 Å². The van der Waals surface area contributed by atoms with Crippen molar-refractivity contribution < 1.29 is 28.6 Å². The molecule has 368 valence electrons. The average Bonchev–Trinajstić information content (AvgIpc) is 3.31. The summed E-state index contributed by atoms with van der Waals surface area (Å²) in [7, 11) is 0. The summed E-state index contributed by atoms with van der Waals surface area (Å²) in [4.78, 5) is 37.9. The Bertz CT molecular complexity index is 1510. The molecule has 0 spiro atoms. The Balaban J connectivity index is 4.51. The van der Waals surface area contributed by atoms with Crippen LogP contribution >= 0.6 is 0 Å². The third-order valence-corrected chi connectivity index (χ3v) is 10.1. The molecule has 0 radical (unpaired) electrons. The predicted octanol–water partition coefficient (Wildman–Crippen LogP) is 17.3. The first-order valence-electron chi connectivity index (χ1n) is 25.8. The second kappa shape index (κ2) is 52.9. The Morgan fingerprint density at radius 3 is 1.02 bits per heavy atom. The van der Waals surface area contributed by atoms with E-state index in [1.165, 1.54) is 12.8 Å². The van der Waals surface area contributed by atoms with Crippen LogP contribution in [-0.2, 0) is 28.6 Å². The molecule has 0 aliphatic rings. The fourth-order valence-electron chi connectivity index (χ4n) is 6.29. The zero-order valence-corrected chi connectivity index (χ0v) is 41.9. The first-order chi connectivity index (χ1) is 32.5. The maximum atomic E-state index is 12.7. The molecule has 0 fully saturated rings. The van der Waals surface area contributed by atoms with Gasteiger partial charge < -0.3 is 14.2 Å². The highest BCUT2D eigenvalue weighted by atomic mass is 16.6. The van der Waals surface area contributed by atoms with E-state index in [1.807, 2.05) is 6.08 Å². The summed E-state index contributed by atoms with van der Waals surface area (Å²) in [6.07, 6.45) is 75.8. The molecule has 6 heteroatoms. The van der Waals surface area contributed by atoms with Gasteiger partial charge in [-0.25, -0.2) is 0 Å². The van der Waals surface area contributed by atoms with E-state index in [0.29, 0.717) is 19.3 Å². The van der Waals surface area contributed by atoms with Crippen molar-refractivity contribution in [1.82, 2.24) is 0 Å². The molecular formula is C60H92O6. The highest BCUT2D eigenvalue weighted by Crippen LogP contribution is 2.11. The third kappa shape index (κ3) is 50.3. The molecular weight excluding hydrogens is 817 g/mol. The van der Waals surface area contributed by atoms with Crippen LogP contribution in [0.2, 0.25) is 0 Å². The highest BCUT2D eigenvalue weighted by Gasteiger charge is 2.19. The maximum absolute atomic E-state index is 12.7. The van der Waals surface area contributed by atoms with Gasteiger partial charge in [0.1, 0.15) is 13.2 Å². The minimum Gasteiger partial charge on any atom is -0.462 e. The van der Waals surface area contributed by atoms with Crippen LogP contribution in [0.3, 0.4) is 0 Å². The van der Waals surface area contributed by atoms with Crippen LogP contribution < -0.4 is 0 Å². The number of hydrogen-bond donors (Lipinski definition) is 0. The molecule has 0 N–H and O–H groups in total. The molecule has 0 amide bonds. The van der Waals surface area contributed by atoms with Gasteiger partial charge >= 0.3 is 17.9 Å². The predicted molar refractivity (Wildman–Crippen MR) is 283 cm³/mol. The monoisotopic (exact) mass is 909 g/mol. The van der Waals surface area contributed by atoms with Gasteiger partial charge in [-0.15, -0.1) is 0 Å². The van der Waals surface area contributed by atoms with Gasteiger partial charge in [0.25, 0.3) is 0 Å². The van der Waals surface area contributed by atoms with Crippen molar-refractivity contribution in [2.24, 2.45) is 0 Å². The lowest BCUT2D eigenvalue weighted by atomic mass is 10.1. The van der Waals surface area contributed by atoms with Crippen LogP contribution in [0.15, 0.2) is 146 Å². The minimum atomic E-state index is -0.852. The van der Waals surface area contributed by atoms with E-state index in [-0.39, 0.29) is 31.6 Å². The fourth-order valence-corrected chi connectivity index (χ4v) is 6.29. The topological polar surface area (TPSA) is 78.9 Å². The Kier molecular flexibility index (Phi) is 49.1. The molecule has 0 aliphatic heterocycles. The molecule has 0 aromatic carbocycles. The molecule has 1 atom stereocenters. The van der Waals surface area contributed by atoms with Crippen molar-refractivity contribution >= 4 is 17.9 Å². The van der Waals surface area contributed by atoms with E-state index < -0.39 is 12.1 Å². The van der Waals surface area contributed by atoms with Gasteiger partial charge in [0.2, 0.25) is 0 Å². The molecule has 0 aromatic rings. The Morgan fingerprint density at radius 1 is 0.333 bits per heavy atom. The van der Waals surface area contributed by atoms with Gasteiger partial charge in [-0.05, 0) is 116 Å². The van der Waals surface area contributed by atoms with Crippen LogP contribution in [0.1, 0.15) is 194 Å². The van der Waals surface area contributed by atoms with Crippen molar-refractivity contribution in [3.8, 4) is 0 Å². The van der Waals surface area contributed by atoms with E-state index in [9.17, 15) is 14.4 Å². The summed E-state index contributed by atoms with van der Waals surface area (Å²) < 4.78 is 16.6. The first kappa shape index (κ1) is 61.3. The van der Waals surface area contributed by atoms with E-state index in [1.54, 1.807) is 6.08 Å². The number of carbonyl (C=O) groups excluding carboxylic acids is 3. The van der Waals surface area contributed by atoms with E-state index in [0.717, 1.165) is 135 Å². The van der Waals surface area contributed by atoms with Crippen LogP contribution in [0.5, 0.6) is 0 Å². The number of allylic oxidation sites excluding steroid dienone is 23. The number of hydrogen-bond acceptors (Lipinski definition) is 6. The summed E-state index contributed by atoms with van der Waals surface area (Å²) in [6, 6.07) is 0. The van der Waals surface area contributed by atoms with Crippen molar-refractivity contribution in [2.45, 2.75) is 200 Å². The number of rotatable bonds is 44. The van der Waals surface area contributed by atoms with Gasteiger partial charge in [0.15, 0.2) is 6.10 Å². The van der Waals surface area contributed by atoms with Crippen LogP contribution in [0, 0.1) is 0 Å². The van der Waals surface area contributed by atoms with Crippen LogP contribution in [0.25, 0.3) is 0 Å². The van der Waals surface area contributed by atoms with Gasteiger partial charge in [0.05, 0.1) is 6.42 Å². The molecule has 0 bridgehead atoms. The summed E-state index contributed by atoms with van der Waals surface area (Å²) in [6.45, 7) is 6.20. The molecule has 0 saturated carbocycles. The molecule has 0 heterocycles. The molecule has 0 saturated heterocycles. The highest BCUT2D eigenvalue weighted by molar-refractivity contribution is 5.72. The van der Waals surface area contributed by atoms with Gasteiger partial charge in [-0.2, -0.15) is 0 Å². The zero-order valence-electron chi connectivity index (χ0n) is 41.9. The van der Waals surface area contributed by atoms with Crippen molar-refractivity contribution in [2.75, 3.05) is 13.2 Å². The summed E-state index contributed by atoms with van der Waals surface area (Å²) in [5.41, 5.74) is 0. The van der Waals surface area contributed by atoms with E-state index in [4.69, 9.17) is 14.2 Å². The number of unbranched alkanes of at least 4 members (excludes halogenated alkanes) is 10. The zero-order chi connectivity index (χ0) is 47.9. The van der Waals surface area contributed by atoms with E-state index in [2.05, 4.69) is 154 Å². The van der Waals surface area contributed by atoms with Crippen LogP contribution in [-0.4, -0.2) is 37.2 Å². The summed E-state index contributed by atoms with van der Waals surface area (Å²) >= 11 is 0. The van der Waals surface area contributed by atoms with E-state index >= 15 is 0 Å². The Hall–Kier alpha value is -4.71. The molecule has 0 rings (SSSR count). The number of esters is 3. The summed E-state index contributed by atoms with van der Waals surface area (Å²) in [5, 5.41) is 0. The Labute approximate surface area is 404 Å². The second-order valence-electron chi connectivity index (χ2n) is 16.3. The van der Waals surface area contributed by atoms with Crippen molar-refractivity contribution in [3.63, 3.8) is 0 Å². The SMILES string of the molecule is CC/C=C\C/C=C\C/C=C\C/C=C\C/C=C\C/C=C\CCCCCCC(=O)OCC(COC(=O)CCCCCCC/C=C\CCC)OC(=O)C/C=C\C/C=C\C/C=C\C/C=C\C/C=C\CC. The number of carbonyl (C=O) groups is 3. The second-order valence-corrected chi connectivity index (χ2v) is 16.3. The van der Waals surface area contributed by atoms with Gasteiger partial charge in [0, 0.05) is 12.8 Å². The standard InChI is InChI=1S/C60H92O6/c1-4-7-10-13-16-19-22-24-26-27-28-29-30-31-32-33-35-36-38-41-44-47-50-53-59(62)65-56-57(55-64-58(61)52-49-46-43-40-21-18-15-12-9-6-3)66-60(63)54-51-48-45-42-39-37-34-25-23-20-17-14-11-8-5-2/h7-8,10-12,15-17,19-20,24-26,28-29,31-32,34-36,39,42,48,51,57H,4-6,9,13-14,18,21-23,27,30,33,37-38,40-41,43-47,49-50,52-56H2,1-3H3/b10-7-,11-8-,15-12-,19-16-,20-17-,26-24-,29-28-,32-31-,34-25-,36-35-,42-39-,51-48-. The van der Waals surface area contributed by atoms with Crippen molar-refractivity contribution in [1.29, 1.82) is 0 Å². The molecule has 0 aromatic heterocycles. The average molecular weight is 909 g/mol. The number of ether oxygens (including phenoxy) is 3. The normalized spacial score (nSPS) is 13.3. The summed E-state index contributed by atoms with van der Waals surface area (Å²) in [5.74, 6) is -1.12. The largest absolute Gasteiger partial charge is 0.462 e. The quantitative estimate of drug-likeness (QED) is 0.0262. The lowest BCUT2D eigenvalue weighted by Crippen LogP contribution is -2.30. The lowest BCUT2D eigenvalue weighted by molar-refractivity contribution is -0.166. The molecule has 0 aliphatic carbocycles. The fraction of sp³-hybridized carbons (Fsp3) is 0.550. The molecule has 6 nitrogen and oxygen atoms in total. The molecule has 66 heavy (non-hydrogen) atoms. The maximum Gasteiger partial charge on any atom is 0.310 e. The Morgan fingerprint density at radius 2 is 0.636 bits per heavy atom. The lowest BCUT2D eigenvalue weighted by Gasteiger charge is -2.18. The third-order valence-electron chi connectivity index (χ3n) is 10.1. The smallest absolute Gasteiger partial charge is 0.310 e. The van der Waals surface area contributed by atoms with Gasteiger partial charge in [-0.1, -0.05) is 205 Å². The first-order valence-corrected chi connectivity index (χ1v) is 25.8. The van der Waals surface area contributed by atoms with Crippen molar-refractivity contribution in [3.05, 3.63) is 146 Å². The minimum absolute atomic E-state index is 0.0822. The molecule has 1 unspecified atom stereocenters. The van der Waals surface area contributed by atoms with Crippen LogP contribution in [0.4, 0.5) is 0 Å².